The van der Waals surface area contributed by atoms with Gasteiger partial charge in [0.1, 0.15) is 23.0 Å². The Morgan fingerprint density at radius 2 is 2.00 bits per heavy atom. The number of aryl methyl sites for hydroxylation is 1. The van der Waals surface area contributed by atoms with E-state index in [9.17, 15) is 8.78 Å². The van der Waals surface area contributed by atoms with E-state index in [0.717, 1.165) is 0 Å². The molecule has 6 heteroatoms. The van der Waals surface area contributed by atoms with E-state index in [1.807, 2.05) is 0 Å². The van der Waals surface area contributed by atoms with Gasteiger partial charge in [0.2, 0.25) is 0 Å². The summed E-state index contributed by atoms with van der Waals surface area (Å²) in [7, 11) is 1.72. The summed E-state index contributed by atoms with van der Waals surface area (Å²) in [6.45, 7) is 0.228. The van der Waals surface area contributed by atoms with Crippen LogP contribution in [0.1, 0.15) is 5.69 Å². The Morgan fingerprint density at radius 3 is 2.56 bits per heavy atom. The third-order valence-electron chi connectivity index (χ3n) is 2.06. The Balaban J connectivity index is 2.10. The fourth-order valence-corrected chi connectivity index (χ4v) is 1.32. The van der Waals surface area contributed by atoms with Crippen LogP contribution in [0, 0.1) is 11.6 Å². The number of nitrogens with zero attached hydrogens (tertiary/aromatic N) is 3. The molecule has 0 spiro atoms. The van der Waals surface area contributed by atoms with Crippen molar-refractivity contribution in [2.24, 2.45) is 7.05 Å². The molecule has 0 aliphatic carbocycles. The number of para-hydroxylation sites is 1. The quantitative estimate of drug-likeness (QED) is 0.863. The number of rotatable bonds is 3. The van der Waals surface area contributed by atoms with Gasteiger partial charge >= 0.3 is 0 Å². The third-order valence-corrected chi connectivity index (χ3v) is 2.06. The van der Waals surface area contributed by atoms with Gasteiger partial charge in [0.15, 0.2) is 0 Å². The highest BCUT2D eigenvalue weighted by atomic mass is 19.1. The zero-order valence-electron chi connectivity index (χ0n) is 8.61. The Kier molecular flexibility index (Phi) is 2.80. The minimum Gasteiger partial charge on any atom is -0.375 e. The summed E-state index contributed by atoms with van der Waals surface area (Å²) in [5.41, 5.74) is 0.471. The summed E-state index contributed by atoms with van der Waals surface area (Å²) in [6.07, 6.45) is 1.67. The molecule has 0 bridgehead atoms. The standard InChI is InChI=1S/C10H10F2N4/c1-16-6-7(14-15-16)5-13-10-8(11)3-2-4-9(10)12/h2-4,6,13H,5H2,1H3. The molecule has 1 aromatic carbocycles. The summed E-state index contributed by atoms with van der Waals surface area (Å²) >= 11 is 0. The number of aromatic nitrogens is 3. The fraction of sp³-hybridized carbons (Fsp3) is 0.200. The molecule has 0 atom stereocenters. The van der Waals surface area contributed by atoms with Gasteiger partial charge in [0.25, 0.3) is 0 Å². The average Bonchev–Trinajstić information content (AvgIpc) is 2.63. The number of nitrogens with one attached hydrogen (secondary N) is 1. The van der Waals surface area contributed by atoms with Crippen LogP contribution in [-0.2, 0) is 13.6 Å². The molecule has 0 radical (unpaired) electrons. The lowest BCUT2D eigenvalue weighted by Crippen LogP contribution is -2.04. The van der Waals surface area contributed by atoms with Gasteiger partial charge in [0, 0.05) is 13.2 Å². The van der Waals surface area contributed by atoms with Crippen LogP contribution in [0.15, 0.2) is 24.4 Å². The molecular weight excluding hydrogens is 214 g/mol. The maximum absolute atomic E-state index is 13.2. The van der Waals surface area contributed by atoms with Crippen LogP contribution in [0.2, 0.25) is 0 Å². The van der Waals surface area contributed by atoms with Crippen molar-refractivity contribution in [1.82, 2.24) is 15.0 Å². The molecule has 84 valence electrons. The van der Waals surface area contributed by atoms with Crippen LogP contribution in [0.5, 0.6) is 0 Å². The molecule has 2 aromatic rings. The minimum absolute atomic E-state index is 0.145. The Bertz CT molecular complexity index is 475. The molecule has 0 fully saturated rings. The number of benzene rings is 1. The SMILES string of the molecule is Cn1cc(CNc2c(F)cccc2F)nn1. The van der Waals surface area contributed by atoms with Crippen LogP contribution in [0.25, 0.3) is 0 Å². The van der Waals surface area contributed by atoms with Crippen molar-refractivity contribution >= 4 is 5.69 Å². The van der Waals surface area contributed by atoms with E-state index < -0.39 is 11.6 Å². The predicted molar refractivity (Wildman–Crippen MR) is 54.7 cm³/mol. The molecule has 4 nitrogen and oxygen atoms in total. The second kappa shape index (κ2) is 4.26. The summed E-state index contributed by atoms with van der Waals surface area (Å²) in [6, 6.07) is 3.71. The van der Waals surface area contributed by atoms with Crippen molar-refractivity contribution in [3.63, 3.8) is 0 Å². The van der Waals surface area contributed by atoms with E-state index in [-0.39, 0.29) is 12.2 Å². The normalized spacial score (nSPS) is 10.4. The van der Waals surface area contributed by atoms with Gasteiger partial charge in [-0.25, -0.2) is 8.78 Å². The zero-order valence-corrected chi connectivity index (χ0v) is 8.61. The van der Waals surface area contributed by atoms with E-state index >= 15 is 0 Å². The molecular formula is C10H10F2N4. The molecule has 16 heavy (non-hydrogen) atoms. The van der Waals surface area contributed by atoms with E-state index in [1.165, 1.54) is 22.9 Å². The summed E-state index contributed by atoms with van der Waals surface area (Å²) in [5, 5.41) is 10.2. The Labute approximate surface area is 90.9 Å². The van der Waals surface area contributed by atoms with Gasteiger partial charge in [0.05, 0.1) is 6.54 Å². The highest BCUT2D eigenvalue weighted by Crippen LogP contribution is 2.18. The van der Waals surface area contributed by atoms with Gasteiger partial charge in [-0.3, -0.25) is 4.68 Å². The first-order chi connectivity index (χ1) is 7.66. The van der Waals surface area contributed by atoms with Crippen molar-refractivity contribution in [3.05, 3.63) is 41.7 Å². The summed E-state index contributed by atoms with van der Waals surface area (Å²) < 4.78 is 28.0. The second-order valence-corrected chi connectivity index (χ2v) is 3.33. The topological polar surface area (TPSA) is 42.7 Å². The van der Waals surface area contributed by atoms with E-state index in [4.69, 9.17) is 0 Å². The van der Waals surface area contributed by atoms with Crippen molar-refractivity contribution in [1.29, 1.82) is 0 Å². The first kappa shape index (κ1) is 10.5. The predicted octanol–water partition coefficient (Wildman–Crippen LogP) is 1.71. The van der Waals surface area contributed by atoms with E-state index in [2.05, 4.69) is 15.6 Å². The van der Waals surface area contributed by atoms with Crippen LogP contribution in [0.4, 0.5) is 14.5 Å². The monoisotopic (exact) mass is 224 g/mol. The molecule has 0 saturated heterocycles. The Morgan fingerprint density at radius 1 is 1.31 bits per heavy atom. The van der Waals surface area contributed by atoms with Gasteiger partial charge in [-0.15, -0.1) is 5.10 Å². The first-order valence-electron chi connectivity index (χ1n) is 4.70. The average molecular weight is 224 g/mol. The molecule has 2 rings (SSSR count). The maximum Gasteiger partial charge on any atom is 0.149 e. The molecule has 1 aromatic heterocycles. The summed E-state index contributed by atoms with van der Waals surface area (Å²) in [4.78, 5) is 0. The van der Waals surface area contributed by atoms with Crippen molar-refractivity contribution in [2.45, 2.75) is 6.54 Å². The lowest BCUT2D eigenvalue weighted by atomic mass is 10.3. The fourth-order valence-electron chi connectivity index (χ4n) is 1.32. The number of hydrogen-bond acceptors (Lipinski definition) is 3. The van der Waals surface area contributed by atoms with Gasteiger partial charge in [-0.1, -0.05) is 11.3 Å². The maximum atomic E-state index is 13.2. The zero-order chi connectivity index (χ0) is 11.5. The lowest BCUT2D eigenvalue weighted by molar-refractivity contribution is 0.588. The molecule has 0 aliphatic rings. The summed E-state index contributed by atoms with van der Waals surface area (Å²) in [5.74, 6) is -1.24. The highest BCUT2D eigenvalue weighted by molar-refractivity contribution is 5.46. The highest BCUT2D eigenvalue weighted by Gasteiger charge is 2.08. The van der Waals surface area contributed by atoms with Crippen molar-refractivity contribution < 1.29 is 8.78 Å². The van der Waals surface area contributed by atoms with Crippen LogP contribution < -0.4 is 5.32 Å². The van der Waals surface area contributed by atoms with Gasteiger partial charge in [-0.2, -0.15) is 0 Å². The lowest BCUT2D eigenvalue weighted by Gasteiger charge is -2.06. The largest absolute Gasteiger partial charge is 0.375 e. The third kappa shape index (κ3) is 2.16. The molecule has 0 amide bonds. The van der Waals surface area contributed by atoms with Gasteiger partial charge < -0.3 is 5.32 Å². The molecule has 0 unspecified atom stereocenters. The number of anilines is 1. The van der Waals surface area contributed by atoms with Crippen LogP contribution in [-0.4, -0.2) is 15.0 Å². The van der Waals surface area contributed by atoms with Gasteiger partial charge in [-0.05, 0) is 12.1 Å². The van der Waals surface area contributed by atoms with Crippen LogP contribution in [0.3, 0.4) is 0 Å². The smallest absolute Gasteiger partial charge is 0.149 e. The van der Waals surface area contributed by atoms with Crippen LogP contribution >= 0.6 is 0 Å². The Hall–Kier alpha value is -1.98. The minimum atomic E-state index is -0.621. The number of halogens is 2. The van der Waals surface area contributed by atoms with Crippen molar-refractivity contribution in [2.75, 3.05) is 5.32 Å². The van der Waals surface area contributed by atoms with E-state index in [0.29, 0.717) is 5.69 Å². The molecule has 1 heterocycles. The second-order valence-electron chi connectivity index (χ2n) is 3.33. The molecule has 0 aliphatic heterocycles. The molecule has 0 saturated carbocycles. The first-order valence-corrected chi connectivity index (χ1v) is 4.70. The van der Waals surface area contributed by atoms with Crippen molar-refractivity contribution in [3.8, 4) is 0 Å². The van der Waals surface area contributed by atoms with E-state index in [1.54, 1.807) is 13.2 Å². The molecule has 1 N–H and O–H groups in total. The number of hydrogen-bond donors (Lipinski definition) is 1.